The van der Waals surface area contributed by atoms with E-state index in [1.807, 2.05) is 0 Å². The standard InChI is InChI=1S/C20H26P2S2/c1-19(2)15-16-20(3,4)22(24,18-13-9-6-10-14-18)21(19,23)17-11-7-5-8-12-17/h5-14H,15-16H2,1-4H3/t21-,22-/m0/s1. The molecule has 2 aromatic rings. The van der Waals surface area contributed by atoms with Gasteiger partial charge in [0.2, 0.25) is 0 Å². The maximum absolute atomic E-state index is 6.68. The van der Waals surface area contributed by atoms with Crippen molar-refractivity contribution in [3.8, 4) is 0 Å². The number of benzene rings is 2. The van der Waals surface area contributed by atoms with Gasteiger partial charge in [-0.1, -0.05) is 112 Å². The summed E-state index contributed by atoms with van der Waals surface area (Å²) in [5.41, 5.74) is -3.95. The van der Waals surface area contributed by atoms with Crippen LogP contribution in [0.5, 0.6) is 0 Å². The van der Waals surface area contributed by atoms with Crippen molar-refractivity contribution < 1.29 is 0 Å². The minimum Gasteiger partial charge on any atom is -0.0861 e. The van der Waals surface area contributed by atoms with Crippen LogP contribution in [0, 0.1) is 0 Å². The molecule has 128 valence electrons. The topological polar surface area (TPSA) is 0 Å². The second-order valence-corrected chi connectivity index (χ2v) is 22.2. The van der Waals surface area contributed by atoms with Crippen molar-refractivity contribution in [3.05, 3.63) is 60.7 Å². The number of hydrogen-bond donors (Lipinski definition) is 0. The van der Waals surface area contributed by atoms with Crippen LogP contribution < -0.4 is 10.6 Å². The molecule has 1 aliphatic heterocycles. The average molecular weight is 393 g/mol. The molecule has 0 saturated carbocycles. The Morgan fingerprint density at radius 2 is 0.917 bits per heavy atom. The van der Waals surface area contributed by atoms with Gasteiger partial charge in [0.25, 0.3) is 0 Å². The molecule has 0 nitrogen and oxygen atoms in total. The molecule has 0 radical (unpaired) electrons. The summed E-state index contributed by atoms with van der Waals surface area (Å²) in [6.45, 7) is 9.50. The number of hydrogen-bond acceptors (Lipinski definition) is 2. The van der Waals surface area contributed by atoms with Crippen LogP contribution in [-0.4, -0.2) is 10.3 Å². The summed E-state index contributed by atoms with van der Waals surface area (Å²) < 4.78 is 0. The van der Waals surface area contributed by atoms with Crippen LogP contribution in [-0.2, 0) is 23.6 Å². The van der Waals surface area contributed by atoms with E-state index in [1.165, 1.54) is 10.6 Å². The predicted molar refractivity (Wildman–Crippen MR) is 118 cm³/mol. The van der Waals surface area contributed by atoms with E-state index in [0.29, 0.717) is 0 Å². The molecule has 0 N–H and O–H groups in total. The summed E-state index contributed by atoms with van der Waals surface area (Å²) in [7, 11) is 0. The zero-order chi connectivity index (χ0) is 17.6. The lowest BCUT2D eigenvalue weighted by molar-refractivity contribution is 0.515. The highest BCUT2D eigenvalue weighted by Gasteiger charge is 2.58. The Kier molecular flexibility index (Phi) is 4.76. The second-order valence-electron chi connectivity index (χ2n) is 7.95. The second kappa shape index (κ2) is 6.17. The highest BCUT2D eigenvalue weighted by Crippen LogP contribution is 2.93. The van der Waals surface area contributed by atoms with E-state index in [9.17, 15) is 0 Å². The Morgan fingerprint density at radius 1 is 0.625 bits per heavy atom. The predicted octanol–water partition coefficient (Wildman–Crippen LogP) is 5.86. The lowest BCUT2D eigenvalue weighted by Crippen LogP contribution is -2.41. The molecule has 2 aromatic carbocycles. The third kappa shape index (κ3) is 2.45. The van der Waals surface area contributed by atoms with Gasteiger partial charge in [-0.15, -0.1) is 0 Å². The lowest BCUT2D eigenvalue weighted by Gasteiger charge is -2.57. The molecule has 1 heterocycles. The Bertz CT molecular complexity index is 752. The monoisotopic (exact) mass is 392 g/mol. The minimum absolute atomic E-state index is 0.102. The van der Waals surface area contributed by atoms with Crippen LogP contribution in [0.15, 0.2) is 60.7 Å². The molecule has 1 fully saturated rings. The molecular weight excluding hydrogens is 366 g/mol. The van der Waals surface area contributed by atoms with Gasteiger partial charge in [0.05, 0.1) is 0 Å². The molecular formula is C20H26P2S2. The van der Waals surface area contributed by atoms with Crippen molar-refractivity contribution >= 4 is 45.7 Å². The summed E-state index contributed by atoms with van der Waals surface area (Å²) in [6.07, 6.45) is 2.33. The van der Waals surface area contributed by atoms with Crippen LogP contribution in [0.4, 0.5) is 0 Å². The Morgan fingerprint density at radius 3 is 1.21 bits per heavy atom. The van der Waals surface area contributed by atoms with E-state index in [1.54, 1.807) is 0 Å². The third-order valence-corrected chi connectivity index (χ3v) is 28.7. The van der Waals surface area contributed by atoms with Gasteiger partial charge < -0.3 is 0 Å². The van der Waals surface area contributed by atoms with Gasteiger partial charge in [-0.05, 0) is 23.5 Å². The maximum atomic E-state index is 6.68. The molecule has 0 unspecified atom stereocenters. The molecule has 1 saturated heterocycles. The first kappa shape index (κ1) is 18.5. The molecule has 0 amide bonds. The molecule has 1 aliphatic rings. The van der Waals surface area contributed by atoms with E-state index < -0.39 is 11.5 Å². The quantitative estimate of drug-likeness (QED) is 0.587. The largest absolute Gasteiger partial charge is 0.0861 e. The van der Waals surface area contributed by atoms with Crippen molar-refractivity contribution in [2.45, 2.75) is 50.8 Å². The van der Waals surface area contributed by atoms with Crippen LogP contribution in [0.3, 0.4) is 0 Å². The maximum Gasteiger partial charge on any atom is 0.0238 e. The molecule has 0 spiro atoms. The molecule has 4 heteroatoms. The van der Waals surface area contributed by atoms with Gasteiger partial charge in [0, 0.05) is 21.8 Å². The normalized spacial score (nSPS) is 31.5. The first-order valence-electron chi connectivity index (χ1n) is 8.49. The summed E-state index contributed by atoms with van der Waals surface area (Å²) in [5, 5.41) is 2.88. The smallest absolute Gasteiger partial charge is 0.0238 e. The highest BCUT2D eigenvalue weighted by molar-refractivity contribution is 8.71. The van der Waals surface area contributed by atoms with Gasteiger partial charge in [0.1, 0.15) is 0 Å². The fourth-order valence-electron chi connectivity index (χ4n) is 3.96. The highest BCUT2D eigenvalue weighted by atomic mass is 32.8. The van der Waals surface area contributed by atoms with Gasteiger partial charge >= 0.3 is 0 Å². The first-order valence-corrected chi connectivity index (χ1v) is 14.8. The van der Waals surface area contributed by atoms with Crippen molar-refractivity contribution in [2.24, 2.45) is 0 Å². The van der Waals surface area contributed by atoms with E-state index in [-0.39, 0.29) is 10.3 Å². The van der Waals surface area contributed by atoms with E-state index in [4.69, 9.17) is 23.6 Å². The average Bonchev–Trinajstić information content (AvgIpc) is 2.59. The first-order chi connectivity index (χ1) is 11.2. The molecule has 0 aromatic heterocycles. The summed E-state index contributed by atoms with van der Waals surface area (Å²) in [6, 6.07) is 21.7. The van der Waals surface area contributed by atoms with Crippen molar-refractivity contribution in [1.29, 1.82) is 0 Å². The van der Waals surface area contributed by atoms with Crippen molar-refractivity contribution in [3.63, 3.8) is 0 Å². The fourth-order valence-corrected chi connectivity index (χ4v) is 24.4. The zero-order valence-electron chi connectivity index (χ0n) is 14.9. The lowest BCUT2D eigenvalue weighted by atomic mass is 9.99. The van der Waals surface area contributed by atoms with Crippen LogP contribution in [0.1, 0.15) is 40.5 Å². The zero-order valence-corrected chi connectivity index (χ0v) is 18.3. The van der Waals surface area contributed by atoms with Gasteiger partial charge in [0.15, 0.2) is 0 Å². The molecule has 2 atom stereocenters. The van der Waals surface area contributed by atoms with Gasteiger partial charge in [-0.3, -0.25) is 0 Å². The van der Waals surface area contributed by atoms with E-state index in [2.05, 4.69) is 88.4 Å². The Hall–Kier alpha value is -0.260. The number of rotatable bonds is 2. The van der Waals surface area contributed by atoms with E-state index >= 15 is 0 Å². The SMILES string of the molecule is CC1(C)CCC(C)(C)[P@@](=S)(c2ccccc2)[P@]1(=S)c1ccccc1. The van der Waals surface area contributed by atoms with Gasteiger partial charge in [-0.2, -0.15) is 0 Å². The van der Waals surface area contributed by atoms with E-state index in [0.717, 1.165) is 12.8 Å². The third-order valence-electron chi connectivity index (χ3n) is 5.60. The summed E-state index contributed by atoms with van der Waals surface area (Å²) >= 11 is 13.4. The van der Waals surface area contributed by atoms with Crippen LogP contribution >= 0.6 is 11.5 Å². The Labute approximate surface area is 157 Å². The molecule has 24 heavy (non-hydrogen) atoms. The van der Waals surface area contributed by atoms with Crippen molar-refractivity contribution in [2.75, 3.05) is 0 Å². The molecule has 0 aliphatic carbocycles. The fraction of sp³-hybridized carbons (Fsp3) is 0.400. The van der Waals surface area contributed by atoms with Crippen LogP contribution in [0.2, 0.25) is 0 Å². The summed E-state index contributed by atoms with van der Waals surface area (Å²) in [5.74, 6) is 0. The summed E-state index contributed by atoms with van der Waals surface area (Å²) in [4.78, 5) is 0. The van der Waals surface area contributed by atoms with Gasteiger partial charge in [-0.25, -0.2) is 0 Å². The molecule has 0 bridgehead atoms. The molecule has 3 rings (SSSR count). The Balaban J connectivity index is 2.40. The van der Waals surface area contributed by atoms with Crippen LogP contribution in [0.25, 0.3) is 0 Å². The minimum atomic E-state index is -1.97. The van der Waals surface area contributed by atoms with Crippen molar-refractivity contribution in [1.82, 2.24) is 0 Å².